The number of carbonyl (C=O) groups is 3. The van der Waals surface area contributed by atoms with Crippen molar-refractivity contribution in [1.82, 2.24) is 10.2 Å². The molecule has 1 unspecified atom stereocenters. The number of amides is 2. The van der Waals surface area contributed by atoms with E-state index in [0.29, 0.717) is 39.1 Å². The molecule has 2 fully saturated rings. The number of hydrogen-bond donors (Lipinski definition) is 2. The summed E-state index contributed by atoms with van der Waals surface area (Å²) >= 11 is 0. The van der Waals surface area contributed by atoms with Crippen molar-refractivity contribution in [1.29, 1.82) is 0 Å². The lowest BCUT2D eigenvalue weighted by molar-refractivity contribution is -0.153. The highest BCUT2D eigenvalue weighted by Gasteiger charge is 2.43. The van der Waals surface area contributed by atoms with E-state index in [1.54, 1.807) is 4.90 Å². The third-order valence-corrected chi connectivity index (χ3v) is 5.46. The largest absolute Gasteiger partial charge is 0.480 e. The van der Waals surface area contributed by atoms with Crippen LogP contribution in [0.15, 0.2) is 30.3 Å². The van der Waals surface area contributed by atoms with Gasteiger partial charge in [0.2, 0.25) is 11.8 Å². The summed E-state index contributed by atoms with van der Waals surface area (Å²) in [6, 6.07) is 9.52. The summed E-state index contributed by atoms with van der Waals surface area (Å²) in [6.07, 6.45) is 2.23. The SMILES string of the molecule is O=C(NC1(C(=O)O)CCOCC1)C1CCCN(C(=O)Cc2ccccc2)C1. The van der Waals surface area contributed by atoms with Gasteiger partial charge in [0.1, 0.15) is 5.54 Å². The molecule has 0 aromatic heterocycles. The van der Waals surface area contributed by atoms with Crippen molar-refractivity contribution in [2.75, 3.05) is 26.3 Å². The van der Waals surface area contributed by atoms with Gasteiger partial charge < -0.3 is 20.1 Å². The molecule has 0 saturated carbocycles. The van der Waals surface area contributed by atoms with E-state index in [2.05, 4.69) is 5.32 Å². The molecule has 0 aliphatic carbocycles. The predicted octanol–water partition coefficient (Wildman–Crippen LogP) is 1.22. The Morgan fingerprint density at radius 2 is 1.89 bits per heavy atom. The number of aliphatic carboxylic acids is 1. The molecule has 0 spiro atoms. The lowest BCUT2D eigenvalue weighted by atomic mass is 9.88. The standard InChI is InChI=1S/C20H26N2O5/c23-17(13-15-5-2-1-3-6-15)22-10-4-7-16(14-22)18(24)21-20(19(25)26)8-11-27-12-9-20/h1-3,5-6,16H,4,7-14H2,(H,21,24)(H,25,26). The van der Waals surface area contributed by atoms with Crippen LogP contribution in [0.25, 0.3) is 0 Å². The van der Waals surface area contributed by atoms with E-state index >= 15 is 0 Å². The summed E-state index contributed by atoms with van der Waals surface area (Å²) in [5.41, 5.74) is -0.313. The van der Waals surface area contributed by atoms with Crippen LogP contribution in [-0.4, -0.2) is 59.6 Å². The van der Waals surface area contributed by atoms with Gasteiger partial charge in [-0.1, -0.05) is 30.3 Å². The van der Waals surface area contributed by atoms with Crippen LogP contribution in [0.1, 0.15) is 31.2 Å². The van der Waals surface area contributed by atoms with E-state index in [4.69, 9.17) is 4.74 Å². The number of piperidine rings is 1. The first-order valence-electron chi connectivity index (χ1n) is 9.45. The second-order valence-corrected chi connectivity index (χ2v) is 7.33. The van der Waals surface area contributed by atoms with Gasteiger partial charge in [-0.15, -0.1) is 0 Å². The van der Waals surface area contributed by atoms with Crippen molar-refractivity contribution in [3.05, 3.63) is 35.9 Å². The Hall–Kier alpha value is -2.41. The first-order valence-corrected chi connectivity index (χ1v) is 9.45. The fourth-order valence-corrected chi connectivity index (χ4v) is 3.75. The van der Waals surface area contributed by atoms with Crippen molar-refractivity contribution in [2.45, 2.75) is 37.6 Å². The van der Waals surface area contributed by atoms with Crippen molar-refractivity contribution in [2.24, 2.45) is 5.92 Å². The zero-order valence-electron chi connectivity index (χ0n) is 15.4. The Morgan fingerprint density at radius 1 is 1.19 bits per heavy atom. The number of rotatable bonds is 5. The number of hydrogen-bond acceptors (Lipinski definition) is 4. The number of carboxylic acids is 1. The van der Waals surface area contributed by atoms with Gasteiger partial charge in [-0.25, -0.2) is 4.79 Å². The van der Waals surface area contributed by atoms with Crippen LogP contribution in [0.5, 0.6) is 0 Å². The van der Waals surface area contributed by atoms with E-state index in [0.717, 1.165) is 12.0 Å². The summed E-state index contributed by atoms with van der Waals surface area (Å²) in [7, 11) is 0. The number of nitrogens with zero attached hydrogens (tertiary/aromatic N) is 1. The first kappa shape index (κ1) is 19.4. The molecule has 2 amide bonds. The molecule has 2 aliphatic rings. The van der Waals surface area contributed by atoms with E-state index in [-0.39, 0.29) is 30.6 Å². The molecule has 2 heterocycles. The Kier molecular flexibility index (Phi) is 6.11. The van der Waals surface area contributed by atoms with Crippen molar-refractivity contribution in [3.63, 3.8) is 0 Å². The molecular formula is C20H26N2O5. The molecule has 2 saturated heterocycles. The Bertz CT molecular complexity index is 685. The zero-order valence-corrected chi connectivity index (χ0v) is 15.4. The molecule has 2 aliphatic heterocycles. The van der Waals surface area contributed by atoms with Crippen LogP contribution in [0, 0.1) is 5.92 Å². The number of carbonyl (C=O) groups excluding carboxylic acids is 2. The number of likely N-dealkylation sites (tertiary alicyclic amines) is 1. The zero-order chi connectivity index (χ0) is 19.3. The molecule has 27 heavy (non-hydrogen) atoms. The van der Waals surface area contributed by atoms with Gasteiger partial charge in [-0.3, -0.25) is 9.59 Å². The second kappa shape index (κ2) is 8.52. The van der Waals surface area contributed by atoms with Crippen LogP contribution >= 0.6 is 0 Å². The summed E-state index contributed by atoms with van der Waals surface area (Å²) in [4.78, 5) is 38.8. The molecule has 1 aromatic rings. The van der Waals surface area contributed by atoms with Gasteiger partial charge >= 0.3 is 5.97 Å². The fraction of sp³-hybridized carbons (Fsp3) is 0.550. The van der Waals surface area contributed by atoms with Gasteiger partial charge in [0, 0.05) is 39.1 Å². The smallest absolute Gasteiger partial charge is 0.329 e. The molecule has 1 atom stereocenters. The Morgan fingerprint density at radius 3 is 2.56 bits per heavy atom. The van der Waals surface area contributed by atoms with Crippen molar-refractivity contribution < 1.29 is 24.2 Å². The maximum absolute atomic E-state index is 12.7. The molecule has 3 rings (SSSR count). The highest BCUT2D eigenvalue weighted by atomic mass is 16.5. The summed E-state index contributed by atoms with van der Waals surface area (Å²) in [5.74, 6) is -1.68. The average Bonchev–Trinajstić information content (AvgIpc) is 2.69. The normalized spacial score (nSPS) is 22.1. The summed E-state index contributed by atoms with van der Waals surface area (Å²) in [6.45, 7) is 1.61. The van der Waals surface area contributed by atoms with Crippen LogP contribution in [0.2, 0.25) is 0 Å². The molecule has 1 aromatic carbocycles. The minimum Gasteiger partial charge on any atom is -0.480 e. The Balaban J connectivity index is 1.60. The van der Waals surface area contributed by atoms with Crippen LogP contribution in [0.3, 0.4) is 0 Å². The first-order chi connectivity index (χ1) is 13.0. The molecule has 2 N–H and O–H groups in total. The lowest BCUT2D eigenvalue weighted by Gasteiger charge is -2.37. The third kappa shape index (κ3) is 4.66. The third-order valence-electron chi connectivity index (χ3n) is 5.46. The van der Waals surface area contributed by atoms with Gasteiger partial charge in [0.15, 0.2) is 0 Å². The maximum atomic E-state index is 12.7. The van der Waals surface area contributed by atoms with E-state index in [9.17, 15) is 19.5 Å². The van der Waals surface area contributed by atoms with Crippen LogP contribution in [0.4, 0.5) is 0 Å². The molecular weight excluding hydrogens is 348 g/mol. The summed E-state index contributed by atoms with van der Waals surface area (Å²) < 4.78 is 5.24. The molecule has 7 heteroatoms. The highest BCUT2D eigenvalue weighted by Crippen LogP contribution is 2.24. The van der Waals surface area contributed by atoms with Crippen LogP contribution in [-0.2, 0) is 25.5 Å². The number of ether oxygens (including phenoxy) is 1. The molecule has 7 nitrogen and oxygen atoms in total. The van der Waals surface area contributed by atoms with E-state index in [1.165, 1.54) is 0 Å². The number of benzene rings is 1. The Labute approximate surface area is 158 Å². The summed E-state index contributed by atoms with van der Waals surface area (Å²) in [5, 5.41) is 12.4. The minimum atomic E-state index is -1.26. The van der Waals surface area contributed by atoms with Gasteiger partial charge in [0.05, 0.1) is 12.3 Å². The van der Waals surface area contributed by atoms with E-state index in [1.807, 2.05) is 30.3 Å². The van der Waals surface area contributed by atoms with E-state index < -0.39 is 11.5 Å². The molecule has 0 radical (unpaired) electrons. The maximum Gasteiger partial charge on any atom is 0.329 e. The predicted molar refractivity (Wildman–Crippen MR) is 98.0 cm³/mol. The number of carboxylic acid groups (broad SMARTS) is 1. The monoisotopic (exact) mass is 374 g/mol. The van der Waals surface area contributed by atoms with Gasteiger partial charge in [-0.05, 0) is 18.4 Å². The highest BCUT2D eigenvalue weighted by molar-refractivity contribution is 5.89. The van der Waals surface area contributed by atoms with Crippen molar-refractivity contribution in [3.8, 4) is 0 Å². The van der Waals surface area contributed by atoms with Gasteiger partial charge in [0.25, 0.3) is 0 Å². The minimum absolute atomic E-state index is 0.00212. The fourth-order valence-electron chi connectivity index (χ4n) is 3.75. The lowest BCUT2D eigenvalue weighted by Crippen LogP contribution is -2.59. The quantitative estimate of drug-likeness (QED) is 0.808. The number of nitrogens with one attached hydrogen (secondary N) is 1. The van der Waals surface area contributed by atoms with Crippen LogP contribution < -0.4 is 5.32 Å². The average molecular weight is 374 g/mol. The molecule has 146 valence electrons. The molecule has 0 bridgehead atoms. The second-order valence-electron chi connectivity index (χ2n) is 7.33. The van der Waals surface area contributed by atoms with Gasteiger partial charge in [-0.2, -0.15) is 0 Å². The van der Waals surface area contributed by atoms with Crippen molar-refractivity contribution >= 4 is 17.8 Å². The topological polar surface area (TPSA) is 95.9 Å².